The molecule has 152 valence electrons. The number of nitrogens with zero attached hydrogens (tertiary/aromatic N) is 4. The molecule has 0 aliphatic carbocycles. The molecule has 0 radical (unpaired) electrons. The molecule has 30 heavy (non-hydrogen) atoms. The average Bonchev–Trinajstić information content (AvgIpc) is 2.99. The minimum atomic E-state index is -0.317. The lowest BCUT2D eigenvalue weighted by atomic mass is 10.1. The first-order valence-electron chi connectivity index (χ1n) is 9.25. The Morgan fingerprint density at radius 3 is 2.40 bits per heavy atom. The first-order valence-corrected chi connectivity index (χ1v) is 10.0. The van der Waals surface area contributed by atoms with Crippen LogP contribution in [0.15, 0.2) is 58.0 Å². The maximum Gasteiger partial charge on any atom is 0.257 e. The number of nitrogens with one attached hydrogen (secondary N) is 2. The van der Waals surface area contributed by atoms with Gasteiger partial charge in [-0.1, -0.05) is 15.9 Å². The lowest BCUT2D eigenvalue weighted by molar-refractivity contribution is 0.0977. The Morgan fingerprint density at radius 2 is 1.83 bits per heavy atom. The molecule has 0 bridgehead atoms. The summed E-state index contributed by atoms with van der Waals surface area (Å²) in [6.45, 7) is 4.30. The van der Waals surface area contributed by atoms with Crippen molar-refractivity contribution in [2.45, 2.75) is 20.4 Å². The van der Waals surface area contributed by atoms with Crippen molar-refractivity contribution in [2.24, 2.45) is 12.0 Å². The fraction of sp³-hybridized carbons (Fsp3) is 0.182. The summed E-state index contributed by atoms with van der Waals surface area (Å²) in [4.78, 5) is 17.3. The second-order valence-corrected chi connectivity index (χ2v) is 7.63. The number of aryl methyl sites for hydroxylation is 2. The molecule has 0 unspecified atom stereocenters. The van der Waals surface area contributed by atoms with Gasteiger partial charge < -0.3 is 5.32 Å². The Balaban J connectivity index is 1.84. The number of aliphatic imine (C=N–C) groups is 1. The molecule has 0 saturated carbocycles. The van der Waals surface area contributed by atoms with Crippen molar-refractivity contribution in [1.82, 2.24) is 15.1 Å². The van der Waals surface area contributed by atoms with Crippen molar-refractivity contribution in [3.05, 3.63) is 81.1 Å². The Morgan fingerprint density at radius 1 is 1.17 bits per heavy atom. The summed E-state index contributed by atoms with van der Waals surface area (Å²) >= 11 is 3.41. The molecule has 0 fully saturated rings. The van der Waals surface area contributed by atoms with Crippen molar-refractivity contribution in [2.75, 3.05) is 5.32 Å². The molecule has 3 rings (SSSR count). The van der Waals surface area contributed by atoms with E-state index < -0.39 is 0 Å². The number of anilines is 1. The molecule has 0 spiro atoms. The number of benzene rings is 2. The van der Waals surface area contributed by atoms with E-state index in [1.54, 1.807) is 24.3 Å². The topological polar surface area (TPSA) is 95.1 Å². The molecule has 3 aromatic rings. The van der Waals surface area contributed by atoms with E-state index in [9.17, 15) is 4.79 Å². The molecule has 2 N–H and O–H groups in total. The number of rotatable bonds is 4. The van der Waals surface area contributed by atoms with Gasteiger partial charge >= 0.3 is 0 Å². The number of nitriles is 1. The lowest BCUT2D eigenvalue weighted by Crippen LogP contribution is -2.36. The number of halogens is 1. The number of hydrogen-bond donors (Lipinski definition) is 2. The summed E-state index contributed by atoms with van der Waals surface area (Å²) in [6, 6.07) is 16.0. The third kappa shape index (κ3) is 5.13. The number of carbonyl (C=O) groups excluding carboxylic acids is 1. The van der Waals surface area contributed by atoms with E-state index >= 15 is 0 Å². The van der Waals surface area contributed by atoms with Gasteiger partial charge in [-0.15, -0.1) is 0 Å². The van der Waals surface area contributed by atoms with Crippen molar-refractivity contribution >= 4 is 33.5 Å². The largest absolute Gasteiger partial charge is 0.326 e. The average molecular weight is 465 g/mol. The van der Waals surface area contributed by atoms with Crippen LogP contribution in [-0.4, -0.2) is 21.6 Å². The summed E-state index contributed by atoms with van der Waals surface area (Å²) in [7, 11) is 1.89. The van der Waals surface area contributed by atoms with Gasteiger partial charge in [0.25, 0.3) is 5.91 Å². The first-order chi connectivity index (χ1) is 14.4. The third-order valence-corrected chi connectivity index (χ3v) is 5.20. The molecule has 0 atom stereocenters. The summed E-state index contributed by atoms with van der Waals surface area (Å²) in [6.07, 6.45) is 0. The normalized spacial score (nSPS) is 11.1. The second kappa shape index (κ2) is 9.37. The van der Waals surface area contributed by atoms with Gasteiger partial charge in [-0.2, -0.15) is 10.4 Å². The van der Waals surface area contributed by atoms with E-state index in [0.717, 1.165) is 27.1 Å². The highest BCUT2D eigenvalue weighted by atomic mass is 79.9. The van der Waals surface area contributed by atoms with Gasteiger partial charge in [0.1, 0.15) is 0 Å². The van der Waals surface area contributed by atoms with Crippen LogP contribution in [0, 0.1) is 25.2 Å². The molecule has 1 aromatic heterocycles. The summed E-state index contributed by atoms with van der Waals surface area (Å²) in [5.74, 6) is 0.0109. The number of hydrogen-bond acceptors (Lipinski definition) is 4. The summed E-state index contributed by atoms with van der Waals surface area (Å²) in [5, 5.41) is 19.3. The SMILES string of the molecule is Cc1nn(C)c(C)c1CN=C(NC(=O)c1ccc(C#N)cc1)Nc1ccc(Br)cc1. The fourth-order valence-corrected chi connectivity index (χ4v) is 3.12. The Labute approximate surface area is 183 Å². The second-order valence-electron chi connectivity index (χ2n) is 6.71. The number of guanidine groups is 1. The van der Waals surface area contributed by atoms with Crippen LogP contribution < -0.4 is 10.6 Å². The minimum absolute atomic E-state index is 0.317. The zero-order chi connectivity index (χ0) is 21.7. The summed E-state index contributed by atoms with van der Waals surface area (Å²) in [5.41, 5.74) is 4.67. The van der Waals surface area contributed by atoms with Gasteiger partial charge in [0.2, 0.25) is 5.96 Å². The van der Waals surface area contributed by atoms with E-state index in [1.807, 2.05) is 55.9 Å². The Hall–Kier alpha value is -3.44. The van der Waals surface area contributed by atoms with E-state index in [-0.39, 0.29) is 5.91 Å². The monoisotopic (exact) mass is 464 g/mol. The van der Waals surface area contributed by atoms with Gasteiger partial charge in [0.15, 0.2) is 0 Å². The maximum atomic E-state index is 12.7. The molecule has 0 aliphatic rings. The van der Waals surface area contributed by atoms with Crippen LogP contribution in [-0.2, 0) is 13.6 Å². The zero-order valence-corrected chi connectivity index (χ0v) is 18.5. The van der Waals surface area contributed by atoms with Crippen LogP contribution in [0.5, 0.6) is 0 Å². The predicted octanol–water partition coefficient (Wildman–Crippen LogP) is 4.07. The van der Waals surface area contributed by atoms with Crippen LogP contribution >= 0.6 is 15.9 Å². The number of amides is 1. The van der Waals surface area contributed by atoms with Crippen molar-refractivity contribution in [3.8, 4) is 6.07 Å². The molecule has 1 amide bonds. The first kappa shape index (κ1) is 21.3. The van der Waals surface area contributed by atoms with E-state index in [0.29, 0.717) is 23.6 Å². The van der Waals surface area contributed by atoms with Gasteiger partial charge in [-0.05, 0) is 62.4 Å². The van der Waals surface area contributed by atoms with Crippen LogP contribution in [0.4, 0.5) is 5.69 Å². The molecule has 0 saturated heterocycles. The molecular formula is C22H21BrN6O. The molecule has 1 heterocycles. The van der Waals surface area contributed by atoms with E-state index in [2.05, 4.69) is 36.7 Å². The van der Waals surface area contributed by atoms with Gasteiger partial charge in [0.05, 0.1) is 23.9 Å². The smallest absolute Gasteiger partial charge is 0.257 e. The zero-order valence-electron chi connectivity index (χ0n) is 16.9. The maximum absolute atomic E-state index is 12.7. The molecule has 7 nitrogen and oxygen atoms in total. The molecule has 8 heteroatoms. The van der Waals surface area contributed by atoms with Gasteiger partial charge in [-0.3, -0.25) is 14.8 Å². The molecule has 2 aromatic carbocycles. The van der Waals surface area contributed by atoms with Crippen molar-refractivity contribution in [3.63, 3.8) is 0 Å². The fourth-order valence-electron chi connectivity index (χ4n) is 2.86. The highest BCUT2D eigenvalue weighted by Gasteiger charge is 2.12. The van der Waals surface area contributed by atoms with Crippen molar-refractivity contribution < 1.29 is 4.79 Å². The highest BCUT2D eigenvalue weighted by Crippen LogP contribution is 2.16. The van der Waals surface area contributed by atoms with Gasteiger partial charge in [-0.25, -0.2) is 4.99 Å². The Bertz CT molecular complexity index is 1120. The van der Waals surface area contributed by atoms with Crippen LogP contribution in [0.25, 0.3) is 0 Å². The third-order valence-electron chi connectivity index (χ3n) is 4.67. The number of aromatic nitrogens is 2. The van der Waals surface area contributed by atoms with Gasteiger partial charge in [0, 0.05) is 34.0 Å². The van der Waals surface area contributed by atoms with Crippen LogP contribution in [0.2, 0.25) is 0 Å². The molecule has 0 aliphatic heterocycles. The highest BCUT2D eigenvalue weighted by molar-refractivity contribution is 9.10. The number of carbonyl (C=O) groups is 1. The quantitative estimate of drug-likeness (QED) is 0.449. The van der Waals surface area contributed by atoms with Crippen LogP contribution in [0.1, 0.15) is 32.9 Å². The summed E-state index contributed by atoms with van der Waals surface area (Å²) < 4.78 is 2.77. The lowest BCUT2D eigenvalue weighted by Gasteiger charge is -2.12. The minimum Gasteiger partial charge on any atom is -0.326 e. The van der Waals surface area contributed by atoms with E-state index in [4.69, 9.17) is 5.26 Å². The van der Waals surface area contributed by atoms with Crippen molar-refractivity contribution in [1.29, 1.82) is 5.26 Å². The predicted molar refractivity (Wildman–Crippen MR) is 120 cm³/mol. The standard InChI is InChI=1S/C22H21BrN6O/c1-14-20(15(2)29(3)28-14)13-25-22(26-19-10-8-18(23)9-11-19)27-21(30)17-6-4-16(12-24)5-7-17/h4-11H,13H2,1-3H3,(H2,25,26,27,30). The molecular weight excluding hydrogens is 444 g/mol. The Kier molecular flexibility index (Phi) is 6.65. The van der Waals surface area contributed by atoms with E-state index in [1.165, 1.54) is 0 Å². The van der Waals surface area contributed by atoms with Crippen LogP contribution in [0.3, 0.4) is 0 Å².